The van der Waals surface area contributed by atoms with Crippen molar-refractivity contribution in [2.75, 3.05) is 5.73 Å². The molecule has 0 aromatic carbocycles. The highest BCUT2D eigenvalue weighted by molar-refractivity contribution is 6.63. The molecule has 0 aliphatic heterocycles. The second kappa shape index (κ2) is 9.90. The number of H-pyrrole nitrogens is 1. The molecule has 3 aromatic heterocycles. The van der Waals surface area contributed by atoms with Gasteiger partial charge in [-0.2, -0.15) is 18.3 Å². The second-order valence-corrected chi connectivity index (χ2v) is 8.30. The lowest BCUT2D eigenvalue weighted by Gasteiger charge is -2.13. The molecule has 9 nitrogen and oxygen atoms in total. The minimum Gasteiger partial charge on any atom is -0.380 e. The number of amides is 1. The third-order valence-corrected chi connectivity index (χ3v) is 3.96. The highest BCUT2D eigenvalue weighted by atomic mass is 35.5. The largest absolute Gasteiger partial charge is 0.433 e. The van der Waals surface area contributed by atoms with Crippen molar-refractivity contribution in [1.82, 2.24) is 30.5 Å². The summed E-state index contributed by atoms with van der Waals surface area (Å²) in [5, 5.41) is 8.51. The maximum atomic E-state index is 12.6. The van der Waals surface area contributed by atoms with E-state index in [1.807, 2.05) is 20.8 Å². The van der Waals surface area contributed by atoms with Gasteiger partial charge in [-0.25, -0.2) is 9.97 Å². The van der Waals surface area contributed by atoms with Gasteiger partial charge >= 0.3 is 6.18 Å². The van der Waals surface area contributed by atoms with Gasteiger partial charge in [0, 0.05) is 19.2 Å². The number of anilines is 1. The SMILES string of the molecule is CC(C)(C)CC(=O)Cl.Nc1n[nH]c2c(C(=O)NCc3ccnc(C(F)(F)F)c3)ncnc12. The lowest BCUT2D eigenvalue weighted by molar-refractivity contribution is -0.141. The number of hydrogen-bond donors (Lipinski definition) is 3. The molecule has 13 heteroatoms. The van der Waals surface area contributed by atoms with Crippen LogP contribution in [0.25, 0.3) is 11.0 Å². The van der Waals surface area contributed by atoms with Crippen LogP contribution >= 0.6 is 11.6 Å². The Balaban J connectivity index is 0.000000390. The van der Waals surface area contributed by atoms with Crippen LogP contribution in [0, 0.1) is 5.41 Å². The highest BCUT2D eigenvalue weighted by Gasteiger charge is 2.32. The fourth-order valence-electron chi connectivity index (χ4n) is 2.45. The number of nitrogens with zero attached hydrogens (tertiary/aromatic N) is 4. The summed E-state index contributed by atoms with van der Waals surface area (Å²) in [4.78, 5) is 33.4. The molecule has 0 saturated carbocycles. The summed E-state index contributed by atoms with van der Waals surface area (Å²) in [6.07, 6.45) is -1.92. The number of pyridine rings is 1. The fraction of sp³-hybridized carbons (Fsp3) is 0.368. The first kappa shape index (κ1) is 25.0. The normalized spacial score (nSPS) is 11.6. The molecular formula is C19H21ClF3N7O2. The van der Waals surface area contributed by atoms with Crippen molar-refractivity contribution >= 4 is 39.6 Å². The van der Waals surface area contributed by atoms with Crippen molar-refractivity contribution in [3.63, 3.8) is 0 Å². The number of rotatable bonds is 4. The Hall–Kier alpha value is -3.28. The smallest absolute Gasteiger partial charge is 0.380 e. The van der Waals surface area contributed by atoms with E-state index in [-0.39, 0.29) is 39.8 Å². The van der Waals surface area contributed by atoms with E-state index in [0.717, 1.165) is 18.6 Å². The Morgan fingerprint density at radius 3 is 2.44 bits per heavy atom. The van der Waals surface area contributed by atoms with E-state index in [4.69, 9.17) is 17.3 Å². The standard InChI is InChI=1S/C13H10F3N7O.C6H11ClO/c14-13(15,16)7-3-6(1-2-18-7)4-19-12(24)10-8-9(20-5-21-10)11(17)23-22-8;1-6(2,3)4-5(7)8/h1-3,5H,4H2,(H,19,24)(H3,17,22,23);4H2,1-3H3. The predicted molar refractivity (Wildman–Crippen MR) is 111 cm³/mol. The molecule has 1 amide bonds. The van der Waals surface area contributed by atoms with Crippen LogP contribution < -0.4 is 11.1 Å². The lowest BCUT2D eigenvalue weighted by atomic mass is 9.93. The molecule has 172 valence electrons. The van der Waals surface area contributed by atoms with Crippen LogP contribution in [0.2, 0.25) is 0 Å². The topological polar surface area (TPSA) is 140 Å². The van der Waals surface area contributed by atoms with Crippen LogP contribution in [0.5, 0.6) is 0 Å². The van der Waals surface area contributed by atoms with E-state index in [2.05, 4.69) is 30.5 Å². The fourth-order valence-corrected chi connectivity index (χ4v) is 2.85. The van der Waals surface area contributed by atoms with E-state index >= 15 is 0 Å². The highest BCUT2D eigenvalue weighted by Crippen LogP contribution is 2.27. The van der Waals surface area contributed by atoms with E-state index in [0.29, 0.717) is 11.9 Å². The van der Waals surface area contributed by atoms with Crippen molar-refractivity contribution in [2.24, 2.45) is 5.41 Å². The number of fused-ring (bicyclic) bond motifs is 1. The third-order valence-electron chi connectivity index (χ3n) is 3.83. The first-order valence-electron chi connectivity index (χ1n) is 9.21. The van der Waals surface area contributed by atoms with Crippen molar-refractivity contribution in [2.45, 2.75) is 39.9 Å². The molecule has 0 unspecified atom stereocenters. The molecule has 0 atom stereocenters. The van der Waals surface area contributed by atoms with Crippen LogP contribution in [0.4, 0.5) is 19.0 Å². The Morgan fingerprint density at radius 2 is 1.88 bits per heavy atom. The zero-order valence-corrected chi connectivity index (χ0v) is 18.2. The first-order valence-corrected chi connectivity index (χ1v) is 9.59. The summed E-state index contributed by atoms with van der Waals surface area (Å²) in [5.41, 5.74) is 5.39. The van der Waals surface area contributed by atoms with Crippen molar-refractivity contribution < 1.29 is 22.8 Å². The molecule has 3 heterocycles. The summed E-state index contributed by atoms with van der Waals surface area (Å²) in [7, 11) is 0. The number of aromatic nitrogens is 5. The van der Waals surface area contributed by atoms with Crippen LogP contribution in [0.15, 0.2) is 24.7 Å². The van der Waals surface area contributed by atoms with Crippen molar-refractivity contribution in [3.05, 3.63) is 41.6 Å². The van der Waals surface area contributed by atoms with Crippen LogP contribution in [0.1, 0.15) is 48.9 Å². The summed E-state index contributed by atoms with van der Waals surface area (Å²) < 4.78 is 37.9. The third kappa shape index (κ3) is 7.15. The van der Waals surface area contributed by atoms with Crippen LogP contribution in [0.3, 0.4) is 0 Å². The lowest BCUT2D eigenvalue weighted by Crippen LogP contribution is -2.24. The number of halogens is 4. The molecule has 4 N–H and O–H groups in total. The monoisotopic (exact) mass is 471 g/mol. The first-order chi connectivity index (χ1) is 14.8. The molecule has 0 radical (unpaired) electrons. The number of carbonyl (C=O) groups is 2. The number of nitrogen functional groups attached to an aromatic ring is 1. The molecule has 0 aliphatic rings. The summed E-state index contributed by atoms with van der Waals surface area (Å²) >= 11 is 5.12. The van der Waals surface area contributed by atoms with Gasteiger partial charge in [0.15, 0.2) is 11.5 Å². The quantitative estimate of drug-likeness (QED) is 0.495. The molecule has 0 spiro atoms. The van der Waals surface area contributed by atoms with Gasteiger partial charge in [0.05, 0.1) is 0 Å². The Kier molecular flexibility index (Phi) is 7.73. The molecule has 3 aromatic rings. The zero-order valence-electron chi connectivity index (χ0n) is 17.4. The van der Waals surface area contributed by atoms with E-state index in [9.17, 15) is 22.8 Å². The van der Waals surface area contributed by atoms with Gasteiger partial charge in [-0.1, -0.05) is 20.8 Å². The molecule has 0 aliphatic carbocycles. The van der Waals surface area contributed by atoms with Crippen molar-refractivity contribution in [3.8, 4) is 0 Å². The molecule has 32 heavy (non-hydrogen) atoms. The van der Waals surface area contributed by atoms with Gasteiger partial charge in [-0.3, -0.25) is 19.7 Å². The van der Waals surface area contributed by atoms with E-state index in [1.54, 1.807) is 0 Å². The van der Waals surface area contributed by atoms with Gasteiger partial charge in [0.2, 0.25) is 5.24 Å². The number of hydrogen-bond acceptors (Lipinski definition) is 7. The molecular weight excluding hydrogens is 451 g/mol. The minimum atomic E-state index is -4.55. The Bertz CT molecular complexity index is 1110. The number of aromatic amines is 1. The van der Waals surface area contributed by atoms with Gasteiger partial charge in [-0.05, 0) is 34.7 Å². The maximum absolute atomic E-state index is 12.6. The Labute approximate surface area is 186 Å². The predicted octanol–water partition coefficient (Wildman–Crippen LogP) is 3.47. The summed E-state index contributed by atoms with van der Waals surface area (Å²) in [5.74, 6) is -0.484. The summed E-state index contributed by atoms with van der Waals surface area (Å²) in [6, 6.07) is 2.24. The van der Waals surface area contributed by atoms with Crippen LogP contribution in [-0.2, 0) is 17.5 Å². The number of carbonyl (C=O) groups excluding carboxylic acids is 2. The number of nitrogens with one attached hydrogen (secondary N) is 2. The van der Waals surface area contributed by atoms with Gasteiger partial charge in [-0.15, -0.1) is 0 Å². The number of nitrogens with two attached hydrogens (primary N) is 1. The van der Waals surface area contributed by atoms with E-state index in [1.165, 1.54) is 6.07 Å². The molecule has 3 rings (SSSR count). The molecule has 0 fully saturated rings. The summed E-state index contributed by atoms with van der Waals surface area (Å²) in [6.45, 7) is 5.81. The van der Waals surface area contributed by atoms with Gasteiger partial charge in [0.25, 0.3) is 5.91 Å². The maximum Gasteiger partial charge on any atom is 0.433 e. The van der Waals surface area contributed by atoms with Gasteiger partial charge in [0.1, 0.15) is 23.1 Å². The van der Waals surface area contributed by atoms with E-state index < -0.39 is 17.8 Å². The minimum absolute atomic E-state index is 0.00528. The second-order valence-electron chi connectivity index (χ2n) is 7.88. The molecule has 0 saturated heterocycles. The average Bonchev–Trinajstić information content (AvgIpc) is 3.05. The average molecular weight is 472 g/mol. The van der Waals surface area contributed by atoms with Crippen LogP contribution in [-0.4, -0.2) is 36.3 Å². The zero-order chi connectivity index (χ0) is 24.1. The number of alkyl halides is 3. The molecule has 0 bridgehead atoms. The van der Waals surface area contributed by atoms with Crippen molar-refractivity contribution in [1.29, 1.82) is 0 Å². The van der Waals surface area contributed by atoms with Gasteiger partial charge < -0.3 is 11.1 Å². The Morgan fingerprint density at radius 1 is 1.19 bits per heavy atom.